The summed E-state index contributed by atoms with van der Waals surface area (Å²) in [5.74, 6) is 1.71. The van der Waals surface area contributed by atoms with Gasteiger partial charge >= 0.3 is 0 Å². The van der Waals surface area contributed by atoms with E-state index in [4.69, 9.17) is 9.47 Å². The Morgan fingerprint density at radius 3 is 1.57 bits per heavy atom. The van der Waals surface area contributed by atoms with E-state index in [1.54, 1.807) is 0 Å². The van der Waals surface area contributed by atoms with Crippen molar-refractivity contribution >= 4 is 31.9 Å². The second kappa shape index (κ2) is 6.67. The molecule has 0 aliphatic heterocycles. The number of hydrogen-bond acceptors (Lipinski definition) is 2. The molecule has 0 aromatic heterocycles. The van der Waals surface area contributed by atoms with Crippen molar-refractivity contribution in [1.29, 1.82) is 0 Å². The molecule has 0 unspecified atom stereocenters. The van der Waals surface area contributed by atoms with Crippen molar-refractivity contribution in [3.8, 4) is 11.5 Å². The lowest BCUT2D eigenvalue weighted by atomic mass is 10.2. The smallest absolute Gasteiger partial charge is 0.134 e. The van der Waals surface area contributed by atoms with Crippen LogP contribution in [0.4, 0.5) is 0 Å². The molecular formula is C17H14Br2O2. The third kappa shape index (κ3) is 3.69. The molecule has 1 aliphatic rings. The molecule has 108 valence electrons. The number of rotatable bonds is 4. The molecule has 21 heavy (non-hydrogen) atoms. The summed E-state index contributed by atoms with van der Waals surface area (Å²) in [4.78, 5) is 0. The van der Waals surface area contributed by atoms with E-state index in [1.165, 1.54) is 0 Å². The van der Waals surface area contributed by atoms with Crippen LogP contribution in [-0.2, 0) is 0 Å². The molecule has 0 N–H and O–H groups in total. The van der Waals surface area contributed by atoms with Crippen molar-refractivity contribution in [3.63, 3.8) is 0 Å². The molecule has 0 spiro atoms. The van der Waals surface area contributed by atoms with Crippen molar-refractivity contribution < 1.29 is 9.47 Å². The monoisotopic (exact) mass is 408 g/mol. The third-order valence-corrected chi connectivity index (χ3v) is 4.55. The molecule has 2 atom stereocenters. The maximum atomic E-state index is 5.98. The molecule has 2 aromatic carbocycles. The minimum Gasteiger partial charge on any atom is -0.485 e. The van der Waals surface area contributed by atoms with Crippen LogP contribution in [-0.4, -0.2) is 12.2 Å². The first-order chi connectivity index (χ1) is 10.2. The quantitative estimate of drug-likeness (QED) is 0.632. The van der Waals surface area contributed by atoms with Crippen molar-refractivity contribution in [3.05, 3.63) is 69.6 Å². The van der Waals surface area contributed by atoms with Crippen molar-refractivity contribution in [2.24, 2.45) is 0 Å². The zero-order valence-electron chi connectivity index (χ0n) is 11.2. The Morgan fingerprint density at radius 2 is 1.14 bits per heavy atom. The molecule has 2 nitrogen and oxygen atoms in total. The van der Waals surface area contributed by atoms with Crippen LogP contribution >= 0.6 is 31.9 Å². The molecule has 0 fully saturated rings. The van der Waals surface area contributed by atoms with Gasteiger partial charge in [0, 0.05) is 6.42 Å². The minimum atomic E-state index is 0.0381. The topological polar surface area (TPSA) is 18.5 Å². The largest absolute Gasteiger partial charge is 0.485 e. The lowest BCUT2D eigenvalue weighted by molar-refractivity contribution is 0.179. The Bertz CT molecular complexity index is 599. The highest BCUT2D eigenvalue weighted by Crippen LogP contribution is 2.30. The van der Waals surface area contributed by atoms with Crippen LogP contribution in [0.25, 0.3) is 0 Å². The number of halogens is 2. The van der Waals surface area contributed by atoms with Gasteiger partial charge in [0.05, 0.1) is 8.95 Å². The molecule has 0 saturated carbocycles. The summed E-state index contributed by atoms with van der Waals surface area (Å²) in [7, 11) is 0. The van der Waals surface area contributed by atoms with Crippen molar-refractivity contribution in [2.45, 2.75) is 18.6 Å². The van der Waals surface area contributed by atoms with Gasteiger partial charge < -0.3 is 9.47 Å². The Labute approximate surface area is 141 Å². The highest BCUT2D eigenvalue weighted by Gasteiger charge is 2.22. The second-order valence-electron chi connectivity index (χ2n) is 4.79. The fourth-order valence-electron chi connectivity index (χ4n) is 2.22. The van der Waals surface area contributed by atoms with E-state index < -0.39 is 0 Å². The molecule has 0 bridgehead atoms. The van der Waals surface area contributed by atoms with Crippen molar-refractivity contribution in [2.75, 3.05) is 0 Å². The maximum Gasteiger partial charge on any atom is 0.134 e. The van der Waals surface area contributed by atoms with Gasteiger partial charge in [-0.2, -0.15) is 0 Å². The highest BCUT2D eigenvalue weighted by molar-refractivity contribution is 9.10. The molecule has 1 aliphatic carbocycles. The summed E-state index contributed by atoms with van der Waals surface area (Å²) in [6, 6.07) is 15.7. The standard InChI is InChI=1S/C17H14Br2O2/c18-14-5-1-3-7-16(14)20-12-9-10-13(11-12)21-17-8-4-2-6-15(17)19/h1-10,12-13H,11H2/t12-,13+. The van der Waals surface area contributed by atoms with E-state index in [-0.39, 0.29) is 12.2 Å². The van der Waals surface area contributed by atoms with E-state index in [9.17, 15) is 0 Å². The third-order valence-electron chi connectivity index (χ3n) is 3.24. The summed E-state index contributed by atoms with van der Waals surface area (Å²) in [6.45, 7) is 0. The van der Waals surface area contributed by atoms with E-state index >= 15 is 0 Å². The average Bonchev–Trinajstić information content (AvgIpc) is 2.91. The van der Waals surface area contributed by atoms with Crippen LogP contribution in [0, 0.1) is 0 Å². The van der Waals surface area contributed by atoms with Crippen LogP contribution in [0.3, 0.4) is 0 Å². The van der Waals surface area contributed by atoms with Gasteiger partial charge in [0.2, 0.25) is 0 Å². The molecule has 4 heteroatoms. The van der Waals surface area contributed by atoms with Gasteiger partial charge in [-0.3, -0.25) is 0 Å². The van der Waals surface area contributed by atoms with Gasteiger partial charge in [-0.05, 0) is 68.3 Å². The molecule has 0 saturated heterocycles. The molecule has 2 aromatic rings. The van der Waals surface area contributed by atoms with Crippen molar-refractivity contribution in [1.82, 2.24) is 0 Å². The first-order valence-corrected chi connectivity index (χ1v) is 8.31. The molecular weight excluding hydrogens is 396 g/mol. The van der Waals surface area contributed by atoms with Crippen LogP contribution in [0.5, 0.6) is 11.5 Å². The SMILES string of the molecule is Brc1ccccc1O[C@@H]1C=C[C@H](Oc2ccccc2Br)C1. The van der Waals surface area contributed by atoms with Crippen LogP contribution in [0.1, 0.15) is 6.42 Å². The van der Waals surface area contributed by atoms with E-state index in [2.05, 4.69) is 44.0 Å². The Morgan fingerprint density at radius 1 is 0.714 bits per heavy atom. The first-order valence-electron chi connectivity index (χ1n) is 6.73. The normalized spacial score (nSPS) is 20.5. The van der Waals surface area contributed by atoms with E-state index in [1.807, 2.05) is 48.5 Å². The average molecular weight is 410 g/mol. The van der Waals surface area contributed by atoms with Crippen LogP contribution in [0.15, 0.2) is 69.6 Å². The fraction of sp³-hybridized carbons (Fsp3) is 0.176. The molecule has 3 rings (SSSR count). The minimum absolute atomic E-state index is 0.0381. The highest BCUT2D eigenvalue weighted by atomic mass is 79.9. The Balaban J connectivity index is 1.61. The van der Waals surface area contributed by atoms with Gasteiger partial charge in [0.15, 0.2) is 0 Å². The zero-order valence-corrected chi connectivity index (χ0v) is 14.4. The first kappa shape index (κ1) is 14.7. The number of ether oxygens (including phenoxy) is 2. The van der Waals surface area contributed by atoms with Gasteiger partial charge in [-0.15, -0.1) is 0 Å². The second-order valence-corrected chi connectivity index (χ2v) is 6.50. The van der Waals surface area contributed by atoms with Gasteiger partial charge in [-0.1, -0.05) is 24.3 Å². The summed E-state index contributed by atoms with van der Waals surface area (Å²) < 4.78 is 13.9. The van der Waals surface area contributed by atoms with E-state index in [0.717, 1.165) is 26.9 Å². The van der Waals surface area contributed by atoms with E-state index in [0.29, 0.717) is 0 Å². The number of para-hydroxylation sites is 2. The summed E-state index contributed by atoms with van der Waals surface area (Å²) >= 11 is 6.99. The Kier molecular flexibility index (Phi) is 4.66. The molecule has 0 heterocycles. The molecule has 0 radical (unpaired) electrons. The van der Waals surface area contributed by atoms with Gasteiger partial charge in [0.1, 0.15) is 23.7 Å². The fourth-order valence-corrected chi connectivity index (χ4v) is 2.97. The summed E-state index contributed by atoms with van der Waals surface area (Å²) in [6.07, 6.45) is 5.00. The number of benzene rings is 2. The predicted molar refractivity (Wildman–Crippen MR) is 90.9 cm³/mol. The summed E-state index contributed by atoms with van der Waals surface area (Å²) in [5.41, 5.74) is 0. The lowest BCUT2D eigenvalue weighted by Gasteiger charge is -2.17. The maximum absolute atomic E-state index is 5.98. The van der Waals surface area contributed by atoms with Crippen LogP contribution in [0.2, 0.25) is 0 Å². The van der Waals surface area contributed by atoms with Crippen LogP contribution < -0.4 is 9.47 Å². The molecule has 0 amide bonds. The van der Waals surface area contributed by atoms with Gasteiger partial charge in [0.25, 0.3) is 0 Å². The predicted octanol–water partition coefficient (Wildman–Crippen LogP) is 5.37. The Hall–Kier alpha value is -1.26. The lowest BCUT2D eigenvalue weighted by Crippen LogP contribution is -2.18. The van der Waals surface area contributed by atoms with Gasteiger partial charge in [-0.25, -0.2) is 0 Å². The number of hydrogen-bond donors (Lipinski definition) is 0. The summed E-state index contributed by atoms with van der Waals surface area (Å²) in [5, 5.41) is 0. The zero-order chi connectivity index (χ0) is 14.7.